The molecule has 3 heterocycles. The van der Waals surface area contributed by atoms with E-state index in [1.165, 1.54) is 33.9 Å². The van der Waals surface area contributed by atoms with Gasteiger partial charge in [0.1, 0.15) is 18.0 Å². The normalized spacial score (nSPS) is 10.8. The minimum Gasteiger partial charge on any atom is -0.294 e. The van der Waals surface area contributed by atoms with Crippen molar-refractivity contribution in [3.8, 4) is 5.82 Å². The number of aryl methyl sites for hydroxylation is 1. The summed E-state index contributed by atoms with van der Waals surface area (Å²) in [5, 5.41) is 4.10. The Morgan fingerprint density at radius 1 is 1.00 bits per heavy atom. The van der Waals surface area contributed by atoms with Crippen molar-refractivity contribution < 1.29 is 9.18 Å². The molecule has 3 aromatic heterocycles. The first kappa shape index (κ1) is 19.4. The lowest BCUT2D eigenvalue weighted by Gasteiger charge is -2.04. The van der Waals surface area contributed by atoms with E-state index in [9.17, 15) is 14.0 Å². The van der Waals surface area contributed by atoms with E-state index in [2.05, 4.69) is 15.1 Å². The highest BCUT2D eigenvalue weighted by Gasteiger charge is 2.12. The van der Waals surface area contributed by atoms with Crippen LogP contribution >= 0.6 is 0 Å². The minimum absolute atomic E-state index is 0.0592. The summed E-state index contributed by atoms with van der Waals surface area (Å²) in [6.45, 7) is 0.203. The van der Waals surface area contributed by atoms with Gasteiger partial charge in [-0.2, -0.15) is 5.10 Å². The first-order chi connectivity index (χ1) is 14.6. The van der Waals surface area contributed by atoms with Crippen LogP contribution in [0.3, 0.4) is 0 Å². The number of benzene rings is 1. The van der Waals surface area contributed by atoms with E-state index in [-0.39, 0.29) is 18.1 Å². The monoisotopic (exact) mass is 403 g/mol. The molecule has 1 aromatic carbocycles. The Morgan fingerprint density at radius 3 is 2.60 bits per heavy atom. The molecule has 0 saturated heterocycles. The number of nitrogens with zero attached hydrogens (tertiary/aromatic N) is 5. The fourth-order valence-corrected chi connectivity index (χ4v) is 3.02. The topological polar surface area (TPSA) is 82.7 Å². The van der Waals surface area contributed by atoms with Crippen molar-refractivity contribution in [1.29, 1.82) is 0 Å². The first-order valence-corrected chi connectivity index (χ1v) is 9.38. The van der Waals surface area contributed by atoms with Gasteiger partial charge in [0.05, 0.1) is 6.54 Å². The van der Waals surface area contributed by atoms with Crippen molar-refractivity contribution in [1.82, 2.24) is 24.3 Å². The molecule has 4 rings (SSSR count). The summed E-state index contributed by atoms with van der Waals surface area (Å²) in [5.41, 5.74) is 1.66. The molecule has 4 aromatic rings. The molecule has 0 saturated carbocycles. The quantitative estimate of drug-likeness (QED) is 0.443. The Morgan fingerprint density at radius 2 is 1.83 bits per heavy atom. The van der Waals surface area contributed by atoms with Crippen LogP contribution in [0.25, 0.3) is 5.82 Å². The van der Waals surface area contributed by atoms with Gasteiger partial charge in [-0.05, 0) is 48.4 Å². The largest absolute Gasteiger partial charge is 0.351 e. The van der Waals surface area contributed by atoms with Crippen LogP contribution < -0.4 is 5.69 Å². The van der Waals surface area contributed by atoms with Crippen LogP contribution in [-0.2, 0) is 13.0 Å². The lowest BCUT2D eigenvalue weighted by atomic mass is 10.1. The van der Waals surface area contributed by atoms with Gasteiger partial charge < -0.3 is 0 Å². The number of hydrogen-bond acceptors (Lipinski definition) is 5. The summed E-state index contributed by atoms with van der Waals surface area (Å²) in [4.78, 5) is 33.7. The Labute approximate surface area is 171 Å². The molecule has 0 bridgehead atoms. The van der Waals surface area contributed by atoms with Crippen LogP contribution in [-0.4, -0.2) is 30.1 Å². The third-order valence-electron chi connectivity index (χ3n) is 4.63. The molecular formula is C22H18FN5O2. The number of carbonyl (C=O) groups is 1. The van der Waals surface area contributed by atoms with Gasteiger partial charge in [0, 0.05) is 30.1 Å². The van der Waals surface area contributed by atoms with Crippen molar-refractivity contribution in [2.75, 3.05) is 0 Å². The molecule has 0 aliphatic rings. The Balaban J connectivity index is 1.51. The molecule has 0 N–H and O–H groups in total. The van der Waals surface area contributed by atoms with Crippen molar-refractivity contribution >= 4 is 5.78 Å². The number of rotatable bonds is 7. The summed E-state index contributed by atoms with van der Waals surface area (Å²) in [6, 6.07) is 14.6. The lowest BCUT2D eigenvalue weighted by Crippen LogP contribution is -2.25. The third kappa shape index (κ3) is 4.38. The van der Waals surface area contributed by atoms with Crippen molar-refractivity contribution in [3.63, 3.8) is 0 Å². The Kier molecular flexibility index (Phi) is 5.56. The van der Waals surface area contributed by atoms with Gasteiger partial charge in [-0.15, -0.1) is 0 Å². The first-order valence-electron chi connectivity index (χ1n) is 9.38. The molecule has 0 amide bonds. The molecule has 30 heavy (non-hydrogen) atoms. The van der Waals surface area contributed by atoms with Crippen LogP contribution in [0.2, 0.25) is 0 Å². The molecule has 150 valence electrons. The number of hydrogen-bond donors (Lipinski definition) is 0. The van der Waals surface area contributed by atoms with Crippen LogP contribution in [0.1, 0.15) is 28.0 Å². The number of Topliss-reactive ketones (excluding diaryl/α,β-unsaturated/α-hetero) is 1. The molecule has 0 spiro atoms. The van der Waals surface area contributed by atoms with Gasteiger partial charge in [-0.3, -0.25) is 9.78 Å². The predicted molar refractivity (Wildman–Crippen MR) is 108 cm³/mol. The maximum Gasteiger partial charge on any atom is 0.351 e. The maximum atomic E-state index is 13.1. The number of pyridine rings is 2. The second-order valence-corrected chi connectivity index (χ2v) is 6.71. The van der Waals surface area contributed by atoms with E-state index in [4.69, 9.17) is 0 Å². The van der Waals surface area contributed by atoms with E-state index >= 15 is 0 Å². The van der Waals surface area contributed by atoms with Gasteiger partial charge in [-0.25, -0.2) is 23.4 Å². The lowest BCUT2D eigenvalue weighted by molar-refractivity contribution is 0.0982. The maximum absolute atomic E-state index is 13.1. The van der Waals surface area contributed by atoms with E-state index in [1.807, 2.05) is 18.2 Å². The van der Waals surface area contributed by atoms with E-state index in [1.54, 1.807) is 30.5 Å². The zero-order valence-electron chi connectivity index (χ0n) is 16.0. The molecule has 0 aliphatic carbocycles. The summed E-state index contributed by atoms with van der Waals surface area (Å²) in [7, 11) is 0. The van der Waals surface area contributed by atoms with Crippen molar-refractivity contribution in [3.05, 3.63) is 106 Å². The average molecular weight is 403 g/mol. The van der Waals surface area contributed by atoms with Crippen molar-refractivity contribution in [2.45, 2.75) is 19.4 Å². The van der Waals surface area contributed by atoms with Gasteiger partial charge in [-0.1, -0.05) is 18.2 Å². The summed E-state index contributed by atoms with van der Waals surface area (Å²) >= 11 is 0. The third-order valence-corrected chi connectivity index (χ3v) is 4.63. The average Bonchev–Trinajstić information content (AvgIpc) is 3.14. The molecule has 0 radical (unpaired) electrons. The van der Waals surface area contributed by atoms with Crippen LogP contribution in [0.15, 0.2) is 78.1 Å². The number of aromatic nitrogens is 5. The standard InChI is InChI=1S/C22H18FN5O2/c23-18-6-4-16(5-7-18)14-28-22(30)27(15-26-28)21-13-17(10-12-25-21)20(29)9-8-19-3-1-2-11-24-19/h1-7,10-13,15H,8-9,14H2. The fourth-order valence-electron chi connectivity index (χ4n) is 3.02. The van der Waals surface area contributed by atoms with Gasteiger partial charge in [0.2, 0.25) is 0 Å². The summed E-state index contributed by atoms with van der Waals surface area (Å²) in [5.74, 6) is -0.0875. The molecule has 0 aliphatic heterocycles. The van der Waals surface area contributed by atoms with E-state index < -0.39 is 5.69 Å². The van der Waals surface area contributed by atoms with Gasteiger partial charge >= 0.3 is 5.69 Å². The predicted octanol–water partition coefficient (Wildman–Crippen LogP) is 2.83. The Bertz CT molecular complexity index is 1220. The smallest absolute Gasteiger partial charge is 0.294 e. The molecule has 8 heteroatoms. The van der Waals surface area contributed by atoms with Crippen molar-refractivity contribution in [2.24, 2.45) is 0 Å². The SMILES string of the molecule is O=C(CCc1ccccn1)c1ccnc(-n2cnn(Cc3ccc(F)cc3)c2=O)c1. The summed E-state index contributed by atoms with van der Waals surface area (Å²) in [6.07, 6.45) is 5.38. The van der Waals surface area contributed by atoms with Gasteiger partial charge in [0.25, 0.3) is 0 Å². The van der Waals surface area contributed by atoms with Crippen LogP contribution in [0.4, 0.5) is 4.39 Å². The molecule has 7 nitrogen and oxygen atoms in total. The molecular weight excluding hydrogens is 385 g/mol. The Hall–Kier alpha value is -3.94. The van der Waals surface area contributed by atoms with Gasteiger partial charge in [0.15, 0.2) is 5.78 Å². The van der Waals surface area contributed by atoms with Crippen LogP contribution in [0, 0.1) is 5.82 Å². The number of carbonyl (C=O) groups excluding carboxylic acids is 1. The molecule has 0 unspecified atom stereocenters. The van der Waals surface area contributed by atoms with E-state index in [0.29, 0.717) is 24.2 Å². The summed E-state index contributed by atoms with van der Waals surface area (Å²) < 4.78 is 15.6. The number of halogens is 1. The highest BCUT2D eigenvalue weighted by molar-refractivity contribution is 5.96. The second-order valence-electron chi connectivity index (χ2n) is 6.71. The van der Waals surface area contributed by atoms with E-state index in [0.717, 1.165) is 11.3 Å². The highest BCUT2D eigenvalue weighted by atomic mass is 19.1. The second kappa shape index (κ2) is 8.60. The zero-order chi connectivity index (χ0) is 20.9. The minimum atomic E-state index is -0.398. The number of ketones is 1. The fraction of sp³-hybridized carbons (Fsp3) is 0.136. The zero-order valence-corrected chi connectivity index (χ0v) is 16.0. The highest BCUT2D eigenvalue weighted by Crippen LogP contribution is 2.10. The van der Waals surface area contributed by atoms with Crippen LogP contribution in [0.5, 0.6) is 0 Å². The molecule has 0 fully saturated rings. The molecule has 0 atom stereocenters.